The van der Waals surface area contributed by atoms with Crippen LogP contribution in [0.5, 0.6) is 0 Å². The molecule has 3 nitrogen and oxygen atoms in total. The van der Waals surface area contributed by atoms with Gasteiger partial charge in [-0.3, -0.25) is 4.79 Å². The van der Waals surface area contributed by atoms with Crippen molar-refractivity contribution in [2.75, 3.05) is 6.54 Å². The first-order valence-corrected chi connectivity index (χ1v) is 7.70. The van der Waals surface area contributed by atoms with Crippen LogP contribution in [0.3, 0.4) is 0 Å². The molecule has 18 heavy (non-hydrogen) atoms. The highest BCUT2D eigenvalue weighted by atomic mass is 16.4. The van der Waals surface area contributed by atoms with Gasteiger partial charge in [-0.15, -0.1) is 0 Å². The summed E-state index contributed by atoms with van der Waals surface area (Å²) in [6, 6.07) is 0.566. The van der Waals surface area contributed by atoms with Gasteiger partial charge >= 0.3 is 5.97 Å². The zero-order valence-corrected chi connectivity index (χ0v) is 11.8. The summed E-state index contributed by atoms with van der Waals surface area (Å²) in [6.45, 7) is 3.35. The minimum Gasteiger partial charge on any atom is -0.481 e. The molecular formula is C15H29NO2. The Hall–Kier alpha value is -0.570. The minimum atomic E-state index is -0.607. The van der Waals surface area contributed by atoms with Crippen molar-refractivity contribution < 1.29 is 9.90 Å². The molecule has 0 aromatic heterocycles. The van der Waals surface area contributed by atoms with Crippen LogP contribution in [0.15, 0.2) is 0 Å². The predicted octanol–water partition coefficient (Wildman–Crippen LogP) is 3.58. The van der Waals surface area contributed by atoms with Crippen LogP contribution >= 0.6 is 0 Å². The molecule has 0 radical (unpaired) electrons. The maximum absolute atomic E-state index is 10.8. The molecule has 1 fully saturated rings. The average Bonchev–Trinajstić information content (AvgIpc) is 2.38. The van der Waals surface area contributed by atoms with Crippen LogP contribution in [-0.2, 0) is 4.79 Å². The van der Waals surface area contributed by atoms with Gasteiger partial charge in [0.1, 0.15) is 0 Å². The molecule has 1 saturated carbocycles. The molecule has 1 aliphatic carbocycles. The van der Waals surface area contributed by atoms with Gasteiger partial charge in [0.05, 0.1) is 5.92 Å². The van der Waals surface area contributed by atoms with E-state index in [2.05, 4.69) is 12.2 Å². The van der Waals surface area contributed by atoms with E-state index in [1.807, 2.05) is 0 Å². The molecule has 0 saturated heterocycles. The molecule has 0 aromatic rings. The van der Waals surface area contributed by atoms with Crippen LogP contribution in [0.4, 0.5) is 0 Å². The van der Waals surface area contributed by atoms with Crippen LogP contribution in [-0.4, -0.2) is 23.7 Å². The summed E-state index contributed by atoms with van der Waals surface area (Å²) in [5, 5.41) is 12.5. The fourth-order valence-electron chi connectivity index (χ4n) is 2.76. The highest BCUT2D eigenvalue weighted by molar-refractivity contribution is 5.70. The number of rotatable bonds is 9. The second kappa shape index (κ2) is 9.37. The molecule has 0 amide bonds. The van der Waals surface area contributed by atoms with Gasteiger partial charge in [-0.25, -0.2) is 0 Å². The van der Waals surface area contributed by atoms with E-state index in [-0.39, 0.29) is 5.92 Å². The van der Waals surface area contributed by atoms with Gasteiger partial charge in [-0.1, -0.05) is 39.0 Å². The smallest absolute Gasteiger partial charge is 0.306 e. The Morgan fingerprint density at radius 3 is 2.28 bits per heavy atom. The van der Waals surface area contributed by atoms with Crippen molar-refractivity contribution in [1.29, 1.82) is 0 Å². The van der Waals surface area contributed by atoms with Gasteiger partial charge in [-0.05, 0) is 38.6 Å². The monoisotopic (exact) mass is 255 g/mol. The van der Waals surface area contributed by atoms with Gasteiger partial charge in [0.25, 0.3) is 0 Å². The molecule has 106 valence electrons. The largest absolute Gasteiger partial charge is 0.481 e. The first kappa shape index (κ1) is 15.5. The summed E-state index contributed by atoms with van der Waals surface area (Å²) in [5.41, 5.74) is 0. The van der Waals surface area contributed by atoms with Gasteiger partial charge in [0.15, 0.2) is 0 Å². The lowest BCUT2D eigenvalue weighted by Gasteiger charge is -2.26. The fraction of sp³-hybridized carbons (Fsp3) is 0.933. The summed E-state index contributed by atoms with van der Waals surface area (Å²) in [7, 11) is 0. The highest BCUT2D eigenvalue weighted by Gasteiger charge is 2.25. The second-order valence-corrected chi connectivity index (χ2v) is 5.61. The zero-order chi connectivity index (χ0) is 13.2. The van der Waals surface area contributed by atoms with E-state index in [9.17, 15) is 4.79 Å². The van der Waals surface area contributed by atoms with Crippen LogP contribution in [0.2, 0.25) is 0 Å². The Morgan fingerprint density at radius 1 is 1.06 bits per heavy atom. The average molecular weight is 255 g/mol. The molecule has 0 aromatic carbocycles. The molecule has 0 unspecified atom stereocenters. The van der Waals surface area contributed by atoms with Crippen molar-refractivity contribution in [2.24, 2.45) is 5.92 Å². The van der Waals surface area contributed by atoms with E-state index >= 15 is 0 Å². The van der Waals surface area contributed by atoms with Gasteiger partial charge in [-0.2, -0.15) is 0 Å². The quantitative estimate of drug-likeness (QED) is 0.619. The van der Waals surface area contributed by atoms with E-state index in [0.717, 1.165) is 32.2 Å². The molecular weight excluding hydrogens is 226 g/mol. The van der Waals surface area contributed by atoms with Crippen molar-refractivity contribution in [2.45, 2.75) is 77.2 Å². The summed E-state index contributed by atoms with van der Waals surface area (Å²) in [5.74, 6) is -0.693. The van der Waals surface area contributed by atoms with E-state index in [0.29, 0.717) is 6.04 Å². The van der Waals surface area contributed by atoms with E-state index in [1.54, 1.807) is 0 Å². The summed E-state index contributed by atoms with van der Waals surface area (Å²) < 4.78 is 0. The SMILES string of the molecule is CCCCCCCCNC1CCC(C(=O)O)CC1. The number of aliphatic carboxylic acids is 1. The lowest BCUT2D eigenvalue weighted by Crippen LogP contribution is -2.35. The van der Waals surface area contributed by atoms with Crippen LogP contribution < -0.4 is 5.32 Å². The van der Waals surface area contributed by atoms with E-state index in [1.165, 1.54) is 38.5 Å². The van der Waals surface area contributed by atoms with Crippen LogP contribution in [0, 0.1) is 5.92 Å². The first-order valence-electron chi connectivity index (χ1n) is 7.70. The zero-order valence-electron chi connectivity index (χ0n) is 11.8. The van der Waals surface area contributed by atoms with E-state index in [4.69, 9.17) is 5.11 Å². The molecule has 2 N–H and O–H groups in total. The third-order valence-corrected chi connectivity index (χ3v) is 4.04. The number of unbranched alkanes of at least 4 members (excludes halogenated alkanes) is 5. The fourth-order valence-corrected chi connectivity index (χ4v) is 2.76. The molecule has 0 aliphatic heterocycles. The van der Waals surface area contributed by atoms with Gasteiger partial charge in [0.2, 0.25) is 0 Å². The third-order valence-electron chi connectivity index (χ3n) is 4.04. The number of carbonyl (C=O) groups is 1. The Bertz CT molecular complexity index is 223. The van der Waals surface area contributed by atoms with Crippen molar-refractivity contribution in [3.05, 3.63) is 0 Å². The van der Waals surface area contributed by atoms with Crippen LogP contribution in [0.1, 0.15) is 71.1 Å². The van der Waals surface area contributed by atoms with Crippen LogP contribution in [0.25, 0.3) is 0 Å². The van der Waals surface area contributed by atoms with Crippen molar-refractivity contribution in [3.63, 3.8) is 0 Å². The Labute approximate surface area is 111 Å². The number of carboxylic acids is 1. The van der Waals surface area contributed by atoms with Crippen molar-refractivity contribution >= 4 is 5.97 Å². The highest BCUT2D eigenvalue weighted by Crippen LogP contribution is 2.24. The molecule has 0 heterocycles. The van der Waals surface area contributed by atoms with Crippen molar-refractivity contribution in [3.8, 4) is 0 Å². The number of hydrogen-bond donors (Lipinski definition) is 2. The Kier molecular flexibility index (Phi) is 8.06. The Morgan fingerprint density at radius 2 is 1.67 bits per heavy atom. The topological polar surface area (TPSA) is 49.3 Å². The number of carboxylic acid groups (broad SMARTS) is 1. The number of nitrogens with one attached hydrogen (secondary N) is 1. The molecule has 0 bridgehead atoms. The molecule has 0 spiro atoms. The standard InChI is InChI=1S/C15H29NO2/c1-2-3-4-5-6-7-12-16-14-10-8-13(9-11-14)15(17)18/h13-14,16H,2-12H2,1H3,(H,17,18). The van der Waals surface area contributed by atoms with E-state index < -0.39 is 5.97 Å². The summed E-state index contributed by atoms with van der Waals surface area (Å²) in [6.07, 6.45) is 11.8. The normalized spacial score (nSPS) is 24.1. The first-order chi connectivity index (χ1) is 8.74. The molecule has 1 aliphatic rings. The maximum atomic E-state index is 10.8. The summed E-state index contributed by atoms with van der Waals surface area (Å²) in [4.78, 5) is 10.8. The molecule has 3 heteroatoms. The van der Waals surface area contributed by atoms with Crippen molar-refractivity contribution in [1.82, 2.24) is 5.32 Å². The minimum absolute atomic E-state index is 0.0860. The lowest BCUT2D eigenvalue weighted by atomic mass is 9.86. The van der Waals surface area contributed by atoms with Gasteiger partial charge in [0, 0.05) is 6.04 Å². The molecule has 0 atom stereocenters. The second-order valence-electron chi connectivity index (χ2n) is 5.61. The summed E-state index contributed by atoms with van der Waals surface area (Å²) >= 11 is 0. The Balaban J connectivity index is 1.93. The number of hydrogen-bond acceptors (Lipinski definition) is 2. The predicted molar refractivity (Wildman–Crippen MR) is 74.8 cm³/mol. The maximum Gasteiger partial charge on any atom is 0.306 e. The lowest BCUT2D eigenvalue weighted by molar-refractivity contribution is -0.142. The van der Waals surface area contributed by atoms with Gasteiger partial charge < -0.3 is 10.4 Å². The molecule has 1 rings (SSSR count). The third kappa shape index (κ3) is 6.39.